The Morgan fingerprint density at radius 1 is 1.05 bits per heavy atom. The highest BCUT2D eigenvalue weighted by Crippen LogP contribution is 2.39. The molecule has 1 aliphatic rings. The third kappa shape index (κ3) is 5.73. The van der Waals surface area contributed by atoms with Crippen LogP contribution in [0.25, 0.3) is 5.76 Å². The van der Waals surface area contributed by atoms with E-state index in [2.05, 4.69) is 23.7 Å². The summed E-state index contributed by atoms with van der Waals surface area (Å²) in [4.78, 5) is 34.4. The van der Waals surface area contributed by atoms with Gasteiger partial charge in [-0.1, -0.05) is 50.2 Å². The second-order valence-corrected chi connectivity index (χ2v) is 9.06. The largest absolute Gasteiger partial charge is 0.507 e. The van der Waals surface area contributed by atoms with Crippen molar-refractivity contribution in [2.24, 2.45) is 0 Å². The Balaban J connectivity index is 1.67. The van der Waals surface area contributed by atoms with Gasteiger partial charge in [-0.05, 0) is 61.0 Å². The molecule has 0 bridgehead atoms. The number of carbonyl (C=O) groups excluding carboxylic acids is 2. The van der Waals surface area contributed by atoms with Crippen molar-refractivity contribution in [2.45, 2.75) is 33.4 Å². The summed E-state index contributed by atoms with van der Waals surface area (Å²) in [5, 5.41) is 11.4. The van der Waals surface area contributed by atoms with Gasteiger partial charge in [0.05, 0.1) is 11.6 Å². The van der Waals surface area contributed by atoms with Crippen molar-refractivity contribution in [3.8, 4) is 5.75 Å². The average Bonchev–Trinajstić information content (AvgIpc) is 3.18. The number of nitrogens with zero attached hydrogens (tertiary/aromatic N) is 3. The predicted molar refractivity (Wildman–Crippen MR) is 143 cm³/mol. The number of aromatic nitrogens is 1. The summed E-state index contributed by atoms with van der Waals surface area (Å²) in [6, 6.07) is 18.1. The number of likely N-dealkylation sites (N-methyl/N-ethyl adjacent to an activating group) is 1. The van der Waals surface area contributed by atoms with Gasteiger partial charge in [-0.15, -0.1) is 0 Å². The van der Waals surface area contributed by atoms with Crippen LogP contribution in [0.15, 0.2) is 78.6 Å². The molecule has 7 heteroatoms. The second kappa shape index (κ2) is 11.8. The average molecular weight is 500 g/mol. The lowest BCUT2D eigenvalue weighted by atomic mass is 9.94. The molecule has 1 saturated heterocycles. The predicted octanol–water partition coefficient (Wildman–Crippen LogP) is 4.73. The molecule has 37 heavy (non-hydrogen) atoms. The van der Waals surface area contributed by atoms with E-state index < -0.39 is 17.7 Å². The molecule has 192 valence electrons. The summed E-state index contributed by atoms with van der Waals surface area (Å²) in [5.74, 6) is -0.830. The number of aliphatic hydroxyl groups excluding tert-OH is 1. The molecule has 0 radical (unpaired) electrons. The van der Waals surface area contributed by atoms with E-state index in [9.17, 15) is 14.7 Å². The van der Waals surface area contributed by atoms with Crippen molar-refractivity contribution >= 4 is 17.4 Å². The topological polar surface area (TPSA) is 83.0 Å². The minimum atomic E-state index is -0.710. The maximum Gasteiger partial charge on any atom is 0.295 e. The molecule has 1 aliphatic heterocycles. The zero-order chi connectivity index (χ0) is 26.4. The molecule has 2 heterocycles. The molecule has 3 aromatic rings. The Bertz CT molecular complexity index is 1270. The molecular formula is C30H33N3O4. The number of rotatable bonds is 10. The number of hydrogen-bond donors (Lipinski definition) is 1. The van der Waals surface area contributed by atoms with Crippen LogP contribution >= 0.6 is 0 Å². The normalized spacial score (nSPS) is 17.0. The molecule has 0 spiro atoms. The molecule has 1 amide bonds. The van der Waals surface area contributed by atoms with Crippen molar-refractivity contribution in [3.05, 3.63) is 101 Å². The summed E-state index contributed by atoms with van der Waals surface area (Å²) in [6.45, 7) is 9.07. The molecular weight excluding hydrogens is 466 g/mol. The van der Waals surface area contributed by atoms with Crippen LogP contribution < -0.4 is 4.74 Å². The van der Waals surface area contributed by atoms with Crippen LogP contribution in [0.4, 0.5) is 0 Å². The number of ether oxygens (including phenoxy) is 1. The molecule has 1 N–H and O–H groups in total. The monoisotopic (exact) mass is 499 g/mol. The third-order valence-corrected chi connectivity index (χ3v) is 6.79. The first-order chi connectivity index (χ1) is 17.9. The van der Waals surface area contributed by atoms with Crippen LogP contribution in [0.5, 0.6) is 5.75 Å². The van der Waals surface area contributed by atoms with Crippen LogP contribution in [-0.4, -0.2) is 57.8 Å². The maximum absolute atomic E-state index is 13.3. The maximum atomic E-state index is 13.3. The fourth-order valence-electron chi connectivity index (χ4n) is 4.66. The summed E-state index contributed by atoms with van der Waals surface area (Å²) >= 11 is 0. The lowest BCUT2D eigenvalue weighted by molar-refractivity contribution is -0.140. The number of carbonyl (C=O) groups is 2. The Morgan fingerprint density at radius 2 is 1.81 bits per heavy atom. The zero-order valence-corrected chi connectivity index (χ0v) is 21.6. The van der Waals surface area contributed by atoms with Gasteiger partial charge in [0.2, 0.25) is 0 Å². The Morgan fingerprint density at radius 3 is 2.46 bits per heavy atom. The first-order valence-electron chi connectivity index (χ1n) is 12.6. The molecule has 4 rings (SSSR count). The minimum absolute atomic E-state index is 0.0820. The van der Waals surface area contributed by atoms with Crippen molar-refractivity contribution in [1.29, 1.82) is 0 Å². The lowest BCUT2D eigenvalue weighted by Gasteiger charge is -2.28. The van der Waals surface area contributed by atoms with Gasteiger partial charge in [-0.3, -0.25) is 14.6 Å². The molecule has 1 atom stereocenters. The van der Waals surface area contributed by atoms with Crippen LogP contribution in [-0.2, 0) is 16.2 Å². The number of aliphatic hydroxyl groups is 1. The van der Waals surface area contributed by atoms with E-state index in [1.807, 2.05) is 49.4 Å². The van der Waals surface area contributed by atoms with E-state index in [4.69, 9.17) is 4.74 Å². The number of pyridine rings is 1. The van der Waals surface area contributed by atoms with E-state index >= 15 is 0 Å². The van der Waals surface area contributed by atoms with Crippen molar-refractivity contribution in [1.82, 2.24) is 14.8 Å². The second-order valence-electron chi connectivity index (χ2n) is 9.06. The third-order valence-electron chi connectivity index (χ3n) is 6.79. The number of aryl methyl sites for hydroxylation is 1. The number of Topliss-reactive ketones (excluding diaryl/α,β-unsaturated/α-hetero) is 1. The number of ketones is 1. The minimum Gasteiger partial charge on any atom is -0.507 e. The van der Waals surface area contributed by atoms with Crippen LogP contribution in [0.2, 0.25) is 0 Å². The molecule has 7 nitrogen and oxygen atoms in total. The molecule has 2 aromatic carbocycles. The van der Waals surface area contributed by atoms with E-state index in [0.717, 1.165) is 24.2 Å². The van der Waals surface area contributed by atoms with Gasteiger partial charge in [0.1, 0.15) is 18.1 Å². The van der Waals surface area contributed by atoms with Crippen molar-refractivity contribution in [3.63, 3.8) is 0 Å². The van der Waals surface area contributed by atoms with Crippen molar-refractivity contribution in [2.75, 3.05) is 26.2 Å². The highest BCUT2D eigenvalue weighted by atomic mass is 16.5. The van der Waals surface area contributed by atoms with Gasteiger partial charge < -0.3 is 19.6 Å². The number of benzene rings is 2. The standard InChI is InChI=1S/C30H33N3O4/c1-4-32(5-2)16-17-33-27(23-12-9-15-31-19-23)26(29(35)30(33)36)28(34)25-14-13-24(18-21(25)3)37-20-22-10-7-6-8-11-22/h6-15,18-19,27,34H,4-5,16-17,20H2,1-3H3/t27-/m0/s1. The van der Waals surface area contributed by atoms with Crippen LogP contribution in [0.1, 0.15) is 42.1 Å². The fourth-order valence-corrected chi connectivity index (χ4v) is 4.66. The summed E-state index contributed by atoms with van der Waals surface area (Å²) in [7, 11) is 0. The van der Waals surface area contributed by atoms with Gasteiger partial charge in [0, 0.05) is 31.0 Å². The van der Waals surface area contributed by atoms with Gasteiger partial charge in [-0.25, -0.2) is 0 Å². The zero-order valence-electron chi connectivity index (χ0n) is 21.6. The lowest BCUT2D eigenvalue weighted by Crippen LogP contribution is -2.38. The van der Waals surface area contributed by atoms with Gasteiger partial charge in [-0.2, -0.15) is 0 Å². The SMILES string of the molecule is CCN(CC)CCN1C(=O)C(=O)C(=C(O)c2ccc(OCc3ccccc3)cc2C)[C@@H]1c1cccnc1. The summed E-state index contributed by atoms with van der Waals surface area (Å²) < 4.78 is 5.91. The van der Waals surface area contributed by atoms with Crippen LogP contribution in [0.3, 0.4) is 0 Å². The van der Waals surface area contributed by atoms with Gasteiger partial charge in [0.25, 0.3) is 11.7 Å². The summed E-state index contributed by atoms with van der Waals surface area (Å²) in [6.07, 6.45) is 3.28. The molecule has 0 unspecified atom stereocenters. The van der Waals surface area contributed by atoms with E-state index in [0.29, 0.717) is 36.6 Å². The van der Waals surface area contributed by atoms with Crippen LogP contribution in [0, 0.1) is 6.92 Å². The quantitative estimate of drug-likeness (QED) is 0.247. The molecule has 1 fully saturated rings. The highest BCUT2D eigenvalue weighted by molar-refractivity contribution is 6.46. The van der Waals surface area contributed by atoms with E-state index in [-0.39, 0.29) is 11.3 Å². The molecule has 0 saturated carbocycles. The first-order valence-corrected chi connectivity index (χ1v) is 12.6. The number of likely N-dealkylation sites (tertiary alicyclic amines) is 1. The molecule has 0 aliphatic carbocycles. The Kier molecular flexibility index (Phi) is 8.36. The number of amides is 1. The summed E-state index contributed by atoms with van der Waals surface area (Å²) in [5.41, 5.74) is 3.04. The van der Waals surface area contributed by atoms with E-state index in [1.165, 1.54) is 0 Å². The van der Waals surface area contributed by atoms with Gasteiger partial charge >= 0.3 is 0 Å². The van der Waals surface area contributed by atoms with Gasteiger partial charge in [0.15, 0.2) is 0 Å². The number of hydrogen-bond acceptors (Lipinski definition) is 6. The molecule has 1 aromatic heterocycles. The van der Waals surface area contributed by atoms with Crippen molar-refractivity contribution < 1.29 is 19.4 Å². The Hall–Kier alpha value is -3.97. The first kappa shape index (κ1) is 26.1. The smallest absolute Gasteiger partial charge is 0.295 e. The highest BCUT2D eigenvalue weighted by Gasteiger charge is 2.46. The Labute approximate surface area is 218 Å². The fraction of sp³-hybridized carbons (Fsp3) is 0.300. The van der Waals surface area contributed by atoms with E-state index in [1.54, 1.807) is 35.5 Å².